The third-order valence-electron chi connectivity index (χ3n) is 4.81. The zero-order valence-electron chi connectivity index (χ0n) is 12.2. The fourth-order valence-corrected chi connectivity index (χ4v) is 3.91. The van der Waals surface area contributed by atoms with Crippen molar-refractivity contribution >= 4 is 17.3 Å². The molecule has 0 aliphatic carbocycles. The van der Waals surface area contributed by atoms with Crippen LogP contribution in [0.3, 0.4) is 0 Å². The third kappa shape index (κ3) is 2.21. The third-order valence-corrected chi connectivity index (χ3v) is 4.81. The highest BCUT2D eigenvalue weighted by molar-refractivity contribution is 5.97. The molecule has 2 N–H and O–H groups in total. The second-order valence-corrected chi connectivity index (χ2v) is 6.08. The molecule has 2 aliphatic heterocycles. The van der Waals surface area contributed by atoms with Crippen molar-refractivity contribution in [2.45, 2.75) is 50.8 Å². The Morgan fingerprint density at radius 3 is 2.41 bits per heavy atom. The van der Waals surface area contributed by atoms with Gasteiger partial charge >= 0.3 is 5.97 Å². The van der Waals surface area contributed by atoms with Gasteiger partial charge in [0.25, 0.3) is 5.69 Å². The molecule has 22 heavy (non-hydrogen) atoms. The molecule has 0 amide bonds. The number of carboxylic acid groups (broad SMARTS) is 1. The summed E-state index contributed by atoms with van der Waals surface area (Å²) in [5.41, 5.74) is 0.545. The van der Waals surface area contributed by atoms with Crippen LogP contribution in [0.15, 0.2) is 12.1 Å². The van der Waals surface area contributed by atoms with Crippen LogP contribution in [-0.2, 0) is 0 Å². The first kappa shape index (κ1) is 14.8. The molecule has 2 fully saturated rings. The summed E-state index contributed by atoms with van der Waals surface area (Å²) in [6, 6.07) is 3.12. The number of nitro benzene ring substituents is 1. The van der Waals surface area contributed by atoms with Crippen molar-refractivity contribution in [3.63, 3.8) is 0 Å². The van der Waals surface area contributed by atoms with Crippen LogP contribution in [-0.4, -0.2) is 39.3 Å². The largest absolute Gasteiger partial charge is 0.478 e. The van der Waals surface area contributed by atoms with E-state index < -0.39 is 10.9 Å². The number of hydrogen-bond acceptors (Lipinski definition) is 5. The van der Waals surface area contributed by atoms with E-state index in [9.17, 15) is 25.1 Å². The molecule has 2 saturated heterocycles. The van der Waals surface area contributed by atoms with Gasteiger partial charge in [-0.25, -0.2) is 4.79 Å². The number of piperidine rings is 1. The van der Waals surface area contributed by atoms with E-state index in [4.69, 9.17) is 0 Å². The van der Waals surface area contributed by atoms with Gasteiger partial charge in [0.2, 0.25) is 0 Å². The van der Waals surface area contributed by atoms with Crippen molar-refractivity contribution in [1.82, 2.24) is 0 Å². The molecular formula is C15H18N2O5. The van der Waals surface area contributed by atoms with Gasteiger partial charge in [0.15, 0.2) is 0 Å². The highest BCUT2D eigenvalue weighted by Gasteiger charge is 2.42. The molecule has 0 saturated carbocycles. The van der Waals surface area contributed by atoms with E-state index in [1.54, 1.807) is 0 Å². The zero-order chi connectivity index (χ0) is 16.0. The van der Waals surface area contributed by atoms with Gasteiger partial charge in [-0.2, -0.15) is 0 Å². The summed E-state index contributed by atoms with van der Waals surface area (Å²) in [4.78, 5) is 24.2. The fraction of sp³-hybridized carbons (Fsp3) is 0.533. The Morgan fingerprint density at radius 1 is 1.32 bits per heavy atom. The highest BCUT2D eigenvalue weighted by Crippen LogP contribution is 2.42. The van der Waals surface area contributed by atoms with Crippen molar-refractivity contribution in [3.05, 3.63) is 33.4 Å². The summed E-state index contributed by atoms with van der Waals surface area (Å²) >= 11 is 0. The predicted molar refractivity (Wildman–Crippen MR) is 79.3 cm³/mol. The molecule has 3 atom stereocenters. The summed E-state index contributed by atoms with van der Waals surface area (Å²) in [6.07, 6.45) is 2.71. The Hall–Kier alpha value is -2.15. The number of carboxylic acids is 1. The van der Waals surface area contributed by atoms with E-state index in [2.05, 4.69) is 0 Å². The van der Waals surface area contributed by atoms with Crippen LogP contribution in [0.1, 0.15) is 41.6 Å². The molecule has 2 bridgehead atoms. The number of benzene rings is 1. The number of aromatic carboxylic acids is 1. The normalized spacial score (nSPS) is 27.0. The summed E-state index contributed by atoms with van der Waals surface area (Å²) < 4.78 is 0. The fourth-order valence-electron chi connectivity index (χ4n) is 3.91. The van der Waals surface area contributed by atoms with Gasteiger partial charge in [0, 0.05) is 23.7 Å². The van der Waals surface area contributed by atoms with E-state index in [-0.39, 0.29) is 35.0 Å². The minimum absolute atomic E-state index is 0.00231. The van der Waals surface area contributed by atoms with Gasteiger partial charge < -0.3 is 15.1 Å². The van der Waals surface area contributed by atoms with Gasteiger partial charge in [-0.15, -0.1) is 0 Å². The summed E-state index contributed by atoms with van der Waals surface area (Å²) in [6.45, 7) is 1.48. The molecule has 1 aromatic carbocycles. The SMILES string of the molecule is Cc1c([N+](=O)[O-])ccc(N2[C@@H]3CC[C@H]2C[C@@H](O)C3)c1C(=O)O. The van der Waals surface area contributed by atoms with Gasteiger partial charge in [-0.1, -0.05) is 0 Å². The monoisotopic (exact) mass is 306 g/mol. The van der Waals surface area contributed by atoms with Crippen molar-refractivity contribution < 1.29 is 19.9 Å². The van der Waals surface area contributed by atoms with Crippen LogP contribution in [0, 0.1) is 17.0 Å². The van der Waals surface area contributed by atoms with Crippen molar-refractivity contribution in [3.8, 4) is 0 Å². The smallest absolute Gasteiger partial charge is 0.338 e. The molecule has 0 aromatic heterocycles. The second kappa shape index (κ2) is 5.24. The lowest BCUT2D eigenvalue weighted by Gasteiger charge is -2.39. The number of nitro groups is 1. The first-order valence-electron chi connectivity index (χ1n) is 7.37. The lowest BCUT2D eigenvalue weighted by molar-refractivity contribution is -0.385. The standard InChI is InChI=1S/C15H18N2O5/c1-8-12(17(21)22)4-5-13(14(8)15(19)20)16-9-2-3-10(16)7-11(18)6-9/h4-5,9-11,18H,2-3,6-7H2,1H3,(H,19,20)/t9-,10+,11+. The molecule has 1 aromatic rings. The van der Waals surface area contributed by atoms with Crippen molar-refractivity contribution in [2.75, 3.05) is 4.90 Å². The summed E-state index contributed by atoms with van der Waals surface area (Å²) in [7, 11) is 0. The lowest BCUT2D eigenvalue weighted by Crippen LogP contribution is -2.45. The lowest BCUT2D eigenvalue weighted by atomic mass is 9.96. The number of aliphatic hydroxyl groups excluding tert-OH is 1. The van der Waals surface area contributed by atoms with E-state index in [0.29, 0.717) is 18.5 Å². The quantitative estimate of drug-likeness (QED) is 0.654. The van der Waals surface area contributed by atoms with Crippen LogP contribution in [0.25, 0.3) is 0 Å². The first-order chi connectivity index (χ1) is 10.4. The van der Waals surface area contributed by atoms with Crippen LogP contribution in [0.4, 0.5) is 11.4 Å². The minimum atomic E-state index is -1.15. The van der Waals surface area contributed by atoms with Gasteiger partial charge in [0.1, 0.15) is 0 Å². The Kier molecular flexibility index (Phi) is 3.52. The van der Waals surface area contributed by atoms with Gasteiger partial charge in [0.05, 0.1) is 22.3 Å². The Labute approximate surface area is 127 Å². The van der Waals surface area contributed by atoms with Crippen LogP contribution >= 0.6 is 0 Å². The van der Waals surface area contributed by atoms with Crippen molar-refractivity contribution in [2.24, 2.45) is 0 Å². The van der Waals surface area contributed by atoms with Crippen LogP contribution in [0.5, 0.6) is 0 Å². The number of rotatable bonds is 3. The maximum atomic E-state index is 11.7. The Balaban J connectivity index is 2.10. The van der Waals surface area contributed by atoms with E-state index in [1.807, 2.05) is 4.90 Å². The van der Waals surface area contributed by atoms with E-state index >= 15 is 0 Å². The number of anilines is 1. The second-order valence-electron chi connectivity index (χ2n) is 6.08. The Morgan fingerprint density at radius 2 is 1.91 bits per heavy atom. The van der Waals surface area contributed by atoms with Crippen molar-refractivity contribution in [1.29, 1.82) is 0 Å². The highest BCUT2D eigenvalue weighted by atomic mass is 16.6. The number of hydrogen-bond donors (Lipinski definition) is 2. The van der Waals surface area contributed by atoms with Crippen LogP contribution < -0.4 is 4.90 Å². The molecule has 0 radical (unpaired) electrons. The van der Waals surface area contributed by atoms with Crippen LogP contribution in [0.2, 0.25) is 0 Å². The molecule has 118 valence electrons. The van der Waals surface area contributed by atoms with E-state index in [1.165, 1.54) is 19.1 Å². The van der Waals surface area contributed by atoms with Gasteiger partial charge in [-0.05, 0) is 38.7 Å². The Bertz CT molecular complexity index is 631. The molecule has 2 aliphatic rings. The molecule has 7 heteroatoms. The first-order valence-corrected chi connectivity index (χ1v) is 7.37. The predicted octanol–water partition coefficient (Wildman–Crippen LogP) is 2.09. The molecule has 0 unspecified atom stereocenters. The average molecular weight is 306 g/mol. The number of nitrogens with zero attached hydrogens (tertiary/aromatic N) is 2. The maximum Gasteiger partial charge on any atom is 0.338 e. The molecule has 3 rings (SSSR count). The average Bonchev–Trinajstić information content (AvgIpc) is 2.69. The zero-order valence-corrected chi connectivity index (χ0v) is 12.2. The summed E-state index contributed by atoms with van der Waals surface area (Å²) in [5, 5.41) is 30.4. The number of aliphatic hydroxyl groups is 1. The topological polar surface area (TPSA) is 104 Å². The van der Waals surface area contributed by atoms with Gasteiger partial charge in [-0.3, -0.25) is 10.1 Å². The van der Waals surface area contributed by atoms with E-state index in [0.717, 1.165) is 12.8 Å². The maximum absolute atomic E-state index is 11.7. The molecule has 0 spiro atoms. The minimum Gasteiger partial charge on any atom is -0.478 e. The number of carbonyl (C=O) groups is 1. The summed E-state index contributed by atoms with van der Waals surface area (Å²) in [5.74, 6) is -1.15. The molecule has 2 heterocycles. The number of fused-ring (bicyclic) bond motifs is 2. The molecular weight excluding hydrogens is 288 g/mol. The molecule has 7 nitrogen and oxygen atoms in total.